The lowest BCUT2D eigenvalue weighted by atomic mass is 9.90. The first-order valence-electron chi connectivity index (χ1n) is 11.9. The van der Waals surface area contributed by atoms with Gasteiger partial charge in [0.25, 0.3) is 5.56 Å². The Bertz CT molecular complexity index is 1680. The highest BCUT2D eigenvalue weighted by Gasteiger charge is 2.52. The van der Waals surface area contributed by atoms with Crippen LogP contribution in [0.5, 0.6) is 5.75 Å². The summed E-state index contributed by atoms with van der Waals surface area (Å²) in [5, 5.41) is 21.3. The summed E-state index contributed by atoms with van der Waals surface area (Å²) in [4.78, 5) is 12.3. The van der Waals surface area contributed by atoms with Gasteiger partial charge in [0.1, 0.15) is 23.2 Å². The highest BCUT2D eigenvalue weighted by atomic mass is 19.1. The lowest BCUT2D eigenvalue weighted by Gasteiger charge is -2.14. The van der Waals surface area contributed by atoms with E-state index in [1.54, 1.807) is 18.2 Å². The SMILES string of the molecule is [2H]C([2H])([2H])n1ncc(-c2ccc3c(=O)[nH]nc(CN)c3c2)c1-c1c(F)cc2c(c1C#N)OCC21CC1. The van der Waals surface area contributed by atoms with Gasteiger partial charge in [-0.15, -0.1) is 0 Å². The molecule has 3 heterocycles. The van der Waals surface area contributed by atoms with E-state index < -0.39 is 18.4 Å². The summed E-state index contributed by atoms with van der Waals surface area (Å²) in [6, 6.07) is 8.19. The van der Waals surface area contributed by atoms with E-state index in [0.717, 1.165) is 17.5 Å². The molecule has 1 saturated carbocycles. The molecule has 9 heteroatoms. The Kier molecular flexibility index (Phi) is 3.38. The average molecular weight is 445 g/mol. The second kappa shape index (κ2) is 6.73. The lowest BCUT2D eigenvalue weighted by Crippen LogP contribution is -2.13. The Morgan fingerprint density at radius 2 is 2.24 bits per heavy atom. The van der Waals surface area contributed by atoms with Crippen molar-refractivity contribution in [2.45, 2.75) is 24.8 Å². The third kappa shape index (κ3) is 2.68. The number of nitrogens with zero attached hydrogens (tertiary/aromatic N) is 4. The molecule has 3 N–H and O–H groups in total. The van der Waals surface area contributed by atoms with E-state index in [-0.39, 0.29) is 40.1 Å². The number of aryl methyl sites for hydroxylation is 1. The molecular weight excluding hydrogens is 423 g/mol. The van der Waals surface area contributed by atoms with Crippen molar-refractivity contribution in [3.8, 4) is 34.2 Å². The van der Waals surface area contributed by atoms with Crippen molar-refractivity contribution in [2.75, 3.05) is 6.61 Å². The zero-order chi connectivity index (χ0) is 25.4. The molecule has 0 atom stereocenters. The standard InChI is InChI=1S/C24H19FN6O2/c1-31-21(20-15(8-26)22-17(7-18(20)25)24(4-5-24)11-33-22)16(10-28-31)12-2-3-13-14(6-12)19(9-27)29-30-23(13)32/h2-3,6-7,10H,4-5,9,11,27H2,1H3,(H,30,32)/i1D3. The molecule has 2 aromatic heterocycles. The molecule has 1 aliphatic heterocycles. The number of rotatable bonds is 3. The van der Waals surface area contributed by atoms with E-state index in [1.165, 1.54) is 12.3 Å². The predicted octanol–water partition coefficient (Wildman–Crippen LogP) is 2.88. The molecule has 4 aromatic rings. The predicted molar refractivity (Wildman–Crippen MR) is 119 cm³/mol. The number of halogens is 1. The number of ether oxygens (including phenoxy) is 1. The minimum atomic E-state index is -2.76. The van der Waals surface area contributed by atoms with E-state index >= 15 is 4.39 Å². The number of nitrogens with one attached hydrogen (secondary N) is 1. The fourth-order valence-corrected chi connectivity index (χ4v) is 4.71. The average Bonchev–Trinajstić information content (AvgIpc) is 3.36. The number of benzene rings is 2. The maximum atomic E-state index is 15.8. The van der Waals surface area contributed by atoms with Gasteiger partial charge < -0.3 is 10.5 Å². The highest BCUT2D eigenvalue weighted by Crippen LogP contribution is 2.57. The number of nitriles is 1. The van der Waals surface area contributed by atoms with E-state index in [2.05, 4.69) is 15.3 Å². The van der Waals surface area contributed by atoms with Crippen LogP contribution < -0.4 is 16.0 Å². The largest absolute Gasteiger partial charge is 0.491 e. The first-order valence-corrected chi connectivity index (χ1v) is 10.4. The smallest absolute Gasteiger partial charge is 0.272 e. The third-order valence-electron chi connectivity index (χ3n) is 6.64. The summed E-state index contributed by atoms with van der Waals surface area (Å²) in [5.74, 6) is -0.439. The van der Waals surface area contributed by atoms with Crippen molar-refractivity contribution >= 4 is 10.8 Å². The fourth-order valence-electron chi connectivity index (χ4n) is 4.71. The second-order valence-corrected chi connectivity index (χ2v) is 8.45. The van der Waals surface area contributed by atoms with Gasteiger partial charge in [0.2, 0.25) is 0 Å². The summed E-state index contributed by atoms with van der Waals surface area (Å²) in [6.07, 6.45) is 2.99. The molecule has 0 radical (unpaired) electrons. The van der Waals surface area contributed by atoms with Gasteiger partial charge in [-0.25, -0.2) is 9.49 Å². The molecule has 1 fully saturated rings. The molecule has 33 heavy (non-hydrogen) atoms. The summed E-state index contributed by atoms with van der Waals surface area (Å²) in [6.45, 7) is -2.35. The molecule has 2 aromatic carbocycles. The summed E-state index contributed by atoms with van der Waals surface area (Å²) >= 11 is 0. The van der Waals surface area contributed by atoms with Crippen molar-refractivity contribution in [3.05, 3.63) is 63.5 Å². The number of aromatic nitrogens is 4. The van der Waals surface area contributed by atoms with Crippen LogP contribution in [0, 0.1) is 17.1 Å². The molecular formula is C24H19FN6O2. The van der Waals surface area contributed by atoms with Crippen LogP contribution in [0.4, 0.5) is 4.39 Å². The minimum Gasteiger partial charge on any atom is -0.491 e. The zero-order valence-corrected chi connectivity index (χ0v) is 17.3. The number of nitrogens with two attached hydrogens (primary N) is 1. The van der Waals surface area contributed by atoms with Crippen LogP contribution in [0.2, 0.25) is 0 Å². The highest BCUT2D eigenvalue weighted by molar-refractivity contribution is 5.92. The van der Waals surface area contributed by atoms with Crippen LogP contribution in [0.25, 0.3) is 33.2 Å². The van der Waals surface area contributed by atoms with E-state index in [1.807, 2.05) is 6.07 Å². The topological polar surface area (TPSA) is 123 Å². The normalized spacial score (nSPS) is 17.2. The second-order valence-electron chi connectivity index (χ2n) is 8.45. The number of H-pyrrole nitrogens is 1. The Labute approximate surface area is 191 Å². The first-order chi connectivity index (χ1) is 17.2. The Hall–Kier alpha value is -4.03. The van der Waals surface area contributed by atoms with Crippen LogP contribution >= 0.6 is 0 Å². The first kappa shape index (κ1) is 16.6. The zero-order valence-electron chi connectivity index (χ0n) is 20.3. The van der Waals surface area contributed by atoms with Crippen LogP contribution in [0.1, 0.15) is 33.8 Å². The molecule has 2 aliphatic rings. The van der Waals surface area contributed by atoms with Crippen LogP contribution in [0.15, 0.2) is 35.3 Å². The lowest BCUT2D eigenvalue weighted by molar-refractivity contribution is 0.323. The monoisotopic (exact) mass is 445 g/mol. The molecule has 0 saturated heterocycles. The Balaban J connectivity index is 1.66. The van der Waals surface area contributed by atoms with Crippen molar-refractivity contribution in [3.63, 3.8) is 0 Å². The van der Waals surface area contributed by atoms with Crippen molar-refractivity contribution in [2.24, 2.45) is 12.7 Å². The fraction of sp³-hybridized carbons (Fsp3) is 0.250. The number of hydrogen-bond donors (Lipinski definition) is 2. The van der Waals surface area contributed by atoms with Gasteiger partial charge in [-0.2, -0.15) is 15.5 Å². The maximum absolute atomic E-state index is 15.8. The van der Waals surface area contributed by atoms with E-state index in [9.17, 15) is 10.1 Å². The number of fused-ring (bicyclic) bond motifs is 3. The minimum absolute atomic E-state index is 0.0508. The Morgan fingerprint density at radius 1 is 1.39 bits per heavy atom. The van der Waals surface area contributed by atoms with Crippen molar-refractivity contribution in [1.29, 1.82) is 5.26 Å². The summed E-state index contributed by atoms with van der Waals surface area (Å²) in [5.41, 5.74) is 6.57. The molecule has 0 unspecified atom stereocenters. The number of aromatic amines is 1. The molecule has 6 rings (SSSR count). The van der Waals surface area contributed by atoms with Crippen molar-refractivity contribution in [1.82, 2.24) is 20.0 Å². The van der Waals surface area contributed by atoms with E-state index in [4.69, 9.17) is 14.6 Å². The van der Waals surface area contributed by atoms with Crippen LogP contribution in [-0.4, -0.2) is 26.6 Å². The maximum Gasteiger partial charge on any atom is 0.272 e. The number of hydrogen-bond acceptors (Lipinski definition) is 6. The molecule has 1 aliphatic carbocycles. The van der Waals surface area contributed by atoms with Gasteiger partial charge in [0, 0.05) is 39.6 Å². The summed E-state index contributed by atoms with van der Waals surface area (Å²) in [7, 11) is 0. The van der Waals surface area contributed by atoms with E-state index in [0.29, 0.717) is 34.2 Å². The quantitative estimate of drug-likeness (QED) is 0.500. The van der Waals surface area contributed by atoms with Gasteiger partial charge in [-0.1, -0.05) is 6.07 Å². The van der Waals surface area contributed by atoms with Crippen LogP contribution in [0.3, 0.4) is 0 Å². The van der Waals surface area contributed by atoms with Gasteiger partial charge in [-0.3, -0.25) is 9.48 Å². The summed E-state index contributed by atoms with van der Waals surface area (Å²) < 4.78 is 46.4. The van der Waals surface area contributed by atoms with Crippen LogP contribution in [-0.2, 0) is 18.9 Å². The third-order valence-corrected chi connectivity index (χ3v) is 6.64. The molecule has 164 valence electrons. The van der Waals surface area contributed by atoms with Gasteiger partial charge in [0.05, 0.1) is 35.1 Å². The molecule has 0 bridgehead atoms. The van der Waals surface area contributed by atoms with Gasteiger partial charge >= 0.3 is 0 Å². The molecule has 1 spiro atoms. The molecule has 0 amide bonds. The van der Waals surface area contributed by atoms with Crippen molar-refractivity contribution < 1.29 is 13.2 Å². The molecule has 8 nitrogen and oxygen atoms in total. The Morgan fingerprint density at radius 3 is 2.97 bits per heavy atom. The van der Waals surface area contributed by atoms with Gasteiger partial charge in [0.15, 0.2) is 0 Å². The van der Waals surface area contributed by atoms with Gasteiger partial charge in [-0.05, 0) is 36.6 Å².